The molecule has 0 aromatic heterocycles. The Bertz CT molecular complexity index is 246. The molecular weight excluding hydrogens is 194 g/mol. The van der Waals surface area contributed by atoms with E-state index in [0.717, 1.165) is 12.0 Å². The zero-order chi connectivity index (χ0) is 11.8. The zero-order valence-corrected chi connectivity index (χ0v) is 11.6. The Hall–Kier alpha value is -0.0400. The molecule has 0 aliphatic heterocycles. The molecule has 3 unspecified atom stereocenters. The van der Waals surface area contributed by atoms with Crippen LogP contribution in [0.4, 0.5) is 0 Å². The number of hydrogen-bond donors (Lipinski definition) is 1. The maximum atomic E-state index is 3.84. The van der Waals surface area contributed by atoms with E-state index in [1.165, 1.54) is 45.1 Å². The lowest BCUT2D eigenvalue weighted by Crippen LogP contribution is -2.44. The molecule has 2 aliphatic carbocycles. The summed E-state index contributed by atoms with van der Waals surface area (Å²) in [6.45, 7) is 11.0. The third-order valence-corrected chi connectivity index (χ3v) is 5.97. The van der Waals surface area contributed by atoms with Gasteiger partial charge in [0.15, 0.2) is 0 Å². The molecule has 2 saturated carbocycles. The topological polar surface area (TPSA) is 12.0 Å². The van der Waals surface area contributed by atoms with Crippen molar-refractivity contribution < 1.29 is 0 Å². The third-order valence-electron chi connectivity index (χ3n) is 5.97. The number of fused-ring (bicyclic) bond motifs is 2. The second-order valence-electron chi connectivity index (χ2n) is 6.82. The second kappa shape index (κ2) is 4.33. The summed E-state index contributed by atoms with van der Waals surface area (Å²) in [6.07, 6.45) is 8.40. The minimum absolute atomic E-state index is 0.559. The third kappa shape index (κ3) is 1.72. The van der Waals surface area contributed by atoms with E-state index in [1.54, 1.807) is 0 Å². The van der Waals surface area contributed by atoms with Crippen LogP contribution in [0.5, 0.6) is 0 Å². The van der Waals surface area contributed by atoms with Gasteiger partial charge in [0.1, 0.15) is 0 Å². The van der Waals surface area contributed by atoms with E-state index in [2.05, 4.69) is 33.0 Å². The molecule has 2 aliphatic rings. The predicted molar refractivity (Wildman–Crippen MR) is 70.5 cm³/mol. The van der Waals surface area contributed by atoms with E-state index in [-0.39, 0.29) is 0 Å². The van der Waals surface area contributed by atoms with Gasteiger partial charge in [0, 0.05) is 6.04 Å². The lowest BCUT2D eigenvalue weighted by molar-refractivity contribution is 0.121. The van der Waals surface area contributed by atoms with Gasteiger partial charge in [-0.1, -0.05) is 40.5 Å². The average Bonchev–Trinajstić information content (AvgIpc) is 2.57. The molecule has 0 radical (unpaired) electrons. The summed E-state index contributed by atoms with van der Waals surface area (Å²) in [4.78, 5) is 0. The summed E-state index contributed by atoms with van der Waals surface area (Å²) in [5.74, 6) is 0.973. The van der Waals surface area contributed by atoms with Gasteiger partial charge in [0.2, 0.25) is 0 Å². The van der Waals surface area contributed by atoms with Gasteiger partial charge in [-0.05, 0) is 49.0 Å². The minimum Gasteiger partial charge on any atom is -0.313 e. The van der Waals surface area contributed by atoms with E-state index < -0.39 is 0 Å². The zero-order valence-electron chi connectivity index (χ0n) is 11.6. The first kappa shape index (κ1) is 12.4. The summed E-state index contributed by atoms with van der Waals surface area (Å²) in [6, 6.07) is 0.790. The predicted octanol–water partition coefficient (Wildman–Crippen LogP) is 3.98. The van der Waals surface area contributed by atoms with Crippen LogP contribution < -0.4 is 5.32 Å². The van der Waals surface area contributed by atoms with Crippen molar-refractivity contribution in [2.45, 2.75) is 72.3 Å². The fraction of sp³-hybridized carbons (Fsp3) is 1.00. The first-order chi connectivity index (χ1) is 7.52. The molecule has 0 spiro atoms. The fourth-order valence-electron chi connectivity index (χ4n) is 4.16. The summed E-state index contributed by atoms with van der Waals surface area (Å²) >= 11 is 0. The van der Waals surface area contributed by atoms with Crippen molar-refractivity contribution >= 4 is 0 Å². The van der Waals surface area contributed by atoms with Crippen LogP contribution in [0.1, 0.15) is 66.2 Å². The highest BCUT2D eigenvalue weighted by Gasteiger charge is 2.60. The quantitative estimate of drug-likeness (QED) is 0.695. The highest BCUT2D eigenvalue weighted by Crippen LogP contribution is 2.65. The van der Waals surface area contributed by atoms with E-state index in [0.29, 0.717) is 10.8 Å². The Labute approximate surface area is 101 Å². The first-order valence-electron chi connectivity index (χ1n) is 7.25. The van der Waals surface area contributed by atoms with Gasteiger partial charge in [0.25, 0.3) is 0 Å². The molecular formula is C15H29N. The van der Waals surface area contributed by atoms with Gasteiger partial charge in [-0.3, -0.25) is 0 Å². The molecule has 1 nitrogen and oxygen atoms in total. The maximum Gasteiger partial charge on any atom is 0.0129 e. The Balaban J connectivity index is 1.89. The van der Waals surface area contributed by atoms with E-state index >= 15 is 0 Å². The molecule has 0 saturated heterocycles. The van der Waals surface area contributed by atoms with Crippen molar-refractivity contribution in [2.75, 3.05) is 6.54 Å². The molecule has 0 amide bonds. The number of nitrogens with one attached hydrogen (secondary N) is 1. The maximum absolute atomic E-state index is 3.84. The van der Waals surface area contributed by atoms with Crippen LogP contribution in [0, 0.1) is 16.7 Å². The largest absolute Gasteiger partial charge is 0.313 e. The van der Waals surface area contributed by atoms with Gasteiger partial charge in [0.05, 0.1) is 0 Å². The van der Waals surface area contributed by atoms with Crippen LogP contribution in [0.2, 0.25) is 0 Å². The van der Waals surface area contributed by atoms with E-state index in [1.807, 2.05) is 0 Å². The highest BCUT2D eigenvalue weighted by atomic mass is 15.0. The van der Waals surface area contributed by atoms with Crippen molar-refractivity contribution in [2.24, 2.45) is 16.7 Å². The molecule has 1 N–H and O–H groups in total. The summed E-state index contributed by atoms with van der Waals surface area (Å²) < 4.78 is 0. The molecule has 1 heteroatoms. The van der Waals surface area contributed by atoms with Crippen molar-refractivity contribution in [3.05, 3.63) is 0 Å². The van der Waals surface area contributed by atoms with Gasteiger partial charge in [-0.25, -0.2) is 0 Å². The van der Waals surface area contributed by atoms with Crippen LogP contribution in [0.3, 0.4) is 0 Å². The normalized spacial score (nSPS) is 40.5. The SMILES string of the molecule is CCCCCNC1CC2CCC1(C)C2(C)C. The molecule has 0 heterocycles. The molecule has 3 atom stereocenters. The Morgan fingerprint density at radius 3 is 2.44 bits per heavy atom. The first-order valence-corrected chi connectivity index (χ1v) is 7.25. The molecule has 2 rings (SSSR count). The second-order valence-corrected chi connectivity index (χ2v) is 6.82. The molecule has 2 fully saturated rings. The lowest BCUT2D eigenvalue weighted by atomic mass is 9.69. The van der Waals surface area contributed by atoms with Crippen molar-refractivity contribution in [3.8, 4) is 0 Å². The van der Waals surface area contributed by atoms with Crippen LogP contribution in [0.15, 0.2) is 0 Å². The average molecular weight is 223 g/mol. The number of rotatable bonds is 5. The van der Waals surface area contributed by atoms with Crippen LogP contribution in [-0.2, 0) is 0 Å². The summed E-state index contributed by atoms with van der Waals surface area (Å²) in [5, 5.41) is 3.84. The molecule has 16 heavy (non-hydrogen) atoms. The van der Waals surface area contributed by atoms with Crippen LogP contribution in [0.25, 0.3) is 0 Å². The fourth-order valence-corrected chi connectivity index (χ4v) is 4.16. The Kier molecular flexibility index (Phi) is 3.36. The van der Waals surface area contributed by atoms with Crippen molar-refractivity contribution in [3.63, 3.8) is 0 Å². The smallest absolute Gasteiger partial charge is 0.0129 e. The Morgan fingerprint density at radius 1 is 1.19 bits per heavy atom. The molecule has 0 aromatic rings. The summed E-state index contributed by atoms with van der Waals surface area (Å²) in [7, 11) is 0. The lowest BCUT2D eigenvalue weighted by Gasteiger charge is -2.39. The van der Waals surface area contributed by atoms with Gasteiger partial charge < -0.3 is 5.32 Å². The van der Waals surface area contributed by atoms with E-state index in [4.69, 9.17) is 0 Å². The monoisotopic (exact) mass is 223 g/mol. The van der Waals surface area contributed by atoms with Crippen LogP contribution in [-0.4, -0.2) is 12.6 Å². The van der Waals surface area contributed by atoms with Gasteiger partial charge >= 0.3 is 0 Å². The highest BCUT2D eigenvalue weighted by molar-refractivity contribution is 5.12. The molecule has 0 aromatic carbocycles. The minimum atomic E-state index is 0.559. The van der Waals surface area contributed by atoms with E-state index in [9.17, 15) is 0 Å². The van der Waals surface area contributed by atoms with Crippen molar-refractivity contribution in [1.82, 2.24) is 5.32 Å². The van der Waals surface area contributed by atoms with Crippen LogP contribution >= 0.6 is 0 Å². The molecule has 94 valence electrons. The Morgan fingerprint density at radius 2 is 1.94 bits per heavy atom. The van der Waals surface area contributed by atoms with Gasteiger partial charge in [-0.15, -0.1) is 0 Å². The summed E-state index contributed by atoms with van der Waals surface area (Å²) in [5.41, 5.74) is 1.12. The number of hydrogen-bond acceptors (Lipinski definition) is 1. The standard InChI is InChI=1S/C15H29N/c1-5-6-7-10-16-13-11-12-8-9-15(13,4)14(12,2)3/h12-13,16H,5-11H2,1-4H3. The molecule has 2 bridgehead atoms. The van der Waals surface area contributed by atoms with Crippen molar-refractivity contribution in [1.29, 1.82) is 0 Å². The number of unbranched alkanes of at least 4 members (excludes halogenated alkanes) is 2. The van der Waals surface area contributed by atoms with Gasteiger partial charge in [-0.2, -0.15) is 0 Å².